The Bertz CT molecular complexity index is 494. The van der Waals surface area contributed by atoms with Crippen molar-refractivity contribution in [3.63, 3.8) is 0 Å². The molecular formula is C19H33NOSi. The van der Waals surface area contributed by atoms with Gasteiger partial charge in [0, 0.05) is 6.04 Å². The topological polar surface area (TPSA) is 46.2 Å². The number of hydrogen-bond donors (Lipinski definition) is 2. The zero-order valence-corrected chi connectivity index (χ0v) is 16.3. The van der Waals surface area contributed by atoms with Crippen LogP contribution in [0, 0.1) is 0 Å². The molecule has 0 amide bonds. The van der Waals surface area contributed by atoms with Gasteiger partial charge in [0.1, 0.15) is 0 Å². The smallest absolute Gasteiger partial charge is 0.223 e. The minimum Gasteiger partial charge on any atom is -0.427 e. The van der Waals surface area contributed by atoms with Crippen molar-refractivity contribution in [2.45, 2.75) is 71.0 Å². The van der Waals surface area contributed by atoms with Gasteiger partial charge < -0.3 is 10.5 Å². The van der Waals surface area contributed by atoms with Crippen molar-refractivity contribution >= 4 is 13.9 Å². The lowest BCUT2D eigenvalue weighted by atomic mass is 9.99. The van der Waals surface area contributed by atoms with E-state index >= 15 is 0 Å². The molecule has 0 saturated carbocycles. The third kappa shape index (κ3) is 3.89. The van der Waals surface area contributed by atoms with E-state index in [4.69, 9.17) is 5.73 Å². The van der Waals surface area contributed by atoms with Crippen LogP contribution in [0.25, 0.3) is 5.57 Å². The Morgan fingerprint density at radius 2 is 1.55 bits per heavy atom. The van der Waals surface area contributed by atoms with Crippen LogP contribution in [0.2, 0.25) is 10.1 Å². The van der Waals surface area contributed by atoms with Crippen molar-refractivity contribution in [3.05, 3.63) is 41.6 Å². The molecule has 0 heterocycles. The van der Waals surface area contributed by atoms with Gasteiger partial charge in [0.15, 0.2) is 0 Å². The summed E-state index contributed by atoms with van der Waals surface area (Å²) in [5, 5.41) is -0.308. The second kappa shape index (κ2) is 6.69. The number of rotatable bonds is 4. The summed E-state index contributed by atoms with van der Waals surface area (Å²) in [6.45, 7) is 14.9. The molecule has 1 aromatic rings. The van der Waals surface area contributed by atoms with E-state index in [0.29, 0.717) is 0 Å². The summed E-state index contributed by atoms with van der Waals surface area (Å²) in [5.74, 6) is 0. The van der Waals surface area contributed by atoms with E-state index in [1.807, 2.05) is 18.2 Å². The Kier molecular flexibility index (Phi) is 5.82. The fourth-order valence-electron chi connectivity index (χ4n) is 3.04. The Balaban J connectivity index is 3.54. The summed E-state index contributed by atoms with van der Waals surface area (Å²) < 4.78 is 0. The van der Waals surface area contributed by atoms with Crippen molar-refractivity contribution in [1.29, 1.82) is 0 Å². The minimum atomic E-state index is -2.72. The van der Waals surface area contributed by atoms with Crippen molar-refractivity contribution in [2.24, 2.45) is 5.73 Å². The van der Waals surface area contributed by atoms with E-state index in [1.165, 1.54) is 0 Å². The second-order valence-corrected chi connectivity index (χ2v) is 13.1. The molecular weight excluding hydrogens is 286 g/mol. The summed E-state index contributed by atoms with van der Waals surface area (Å²) in [7, 11) is -2.72. The maximum Gasteiger partial charge on any atom is 0.223 e. The van der Waals surface area contributed by atoms with Gasteiger partial charge in [-0.2, -0.15) is 0 Å². The van der Waals surface area contributed by atoms with Crippen molar-refractivity contribution in [2.75, 3.05) is 0 Å². The Hall–Kier alpha value is -0.903. The first-order valence-corrected chi connectivity index (χ1v) is 10.2. The van der Waals surface area contributed by atoms with Crippen LogP contribution < -0.4 is 5.73 Å². The van der Waals surface area contributed by atoms with E-state index in [1.54, 1.807) is 0 Å². The van der Waals surface area contributed by atoms with Gasteiger partial charge in [-0.05, 0) is 27.6 Å². The van der Waals surface area contributed by atoms with Crippen LogP contribution in [-0.4, -0.2) is 19.2 Å². The molecule has 1 unspecified atom stereocenters. The number of nitrogens with two attached hydrogens (primary N) is 1. The van der Waals surface area contributed by atoms with Gasteiger partial charge in [0.05, 0.1) is 0 Å². The molecule has 0 spiro atoms. The molecule has 124 valence electrons. The Morgan fingerprint density at radius 1 is 1.09 bits per heavy atom. The molecule has 1 rings (SSSR count). The normalized spacial score (nSPS) is 15.8. The summed E-state index contributed by atoms with van der Waals surface area (Å²) in [6, 6.07) is 10.2. The maximum atomic E-state index is 11.7. The second-order valence-electron chi connectivity index (χ2n) is 8.25. The standard InChI is InChI=1S/C19H33NOSi/c1-8-17(20)16(15-12-10-9-11-13-15)14-22(21,18(2,3)4)19(5,6)7/h9-14,17,21H,8,20H2,1-7H3/b16-14-. The third-order valence-corrected chi connectivity index (χ3v) is 9.90. The zero-order valence-electron chi connectivity index (χ0n) is 15.3. The highest BCUT2D eigenvalue weighted by Crippen LogP contribution is 2.51. The van der Waals surface area contributed by atoms with Crippen LogP contribution in [0.15, 0.2) is 36.0 Å². The van der Waals surface area contributed by atoms with Crippen LogP contribution in [0.4, 0.5) is 0 Å². The molecule has 0 saturated heterocycles. The Labute approximate surface area is 137 Å². The van der Waals surface area contributed by atoms with Crippen LogP contribution >= 0.6 is 0 Å². The van der Waals surface area contributed by atoms with Gasteiger partial charge in [0.25, 0.3) is 0 Å². The van der Waals surface area contributed by atoms with E-state index in [9.17, 15) is 4.80 Å². The molecule has 0 aliphatic rings. The van der Waals surface area contributed by atoms with Gasteiger partial charge in [-0.3, -0.25) is 0 Å². The monoisotopic (exact) mass is 319 g/mol. The molecule has 0 radical (unpaired) electrons. The van der Waals surface area contributed by atoms with Crippen LogP contribution in [0.3, 0.4) is 0 Å². The first kappa shape index (κ1) is 19.1. The lowest BCUT2D eigenvalue weighted by Gasteiger charge is -2.45. The predicted molar refractivity (Wildman–Crippen MR) is 100 cm³/mol. The highest BCUT2D eigenvalue weighted by atomic mass is 28.4. The summed E-state index contributed by atoms with van der Waals surface area (Å²) in [5.41, 5.74) is 10.7. The van der Waals surface area contributed by atoms with Crippen molar-refractivity contribution in [1.82, 2.24) is 0 Å². The lowest BCUT2D eigenvalue weighted by Crippen LogP contribution is -2.51. The molecule has 3 N–H and O–H groups in total. The fraction of sp³-hybridized carbons (Fsp3) is 0.579. The molecule has 0 bridgehead atoms. The predicted octanol–water partition coefficient (Wildman–Crippen LogP) is 4.88. The van der Waals surface area contributed by atoms with E-state index in [-0.39, 0.29) is 16.1 Å². The number of hydrogen-bond acceptors (Lipinski definition) is 2. The molecule has 0 aromatic heterocycles. The largest absolute Gasteiger partial charge is 0.427 e. The lowest BCUT2D eigenvalue weighted by molar-refractivity contribution is 0.430. The maximum absolute atomic E-state index is 11.7. The molecule has 1 atom stereocenters. The van der Waals surface area contributed by atoms with E-state index in [2.05, 4.69) is 66.3 Å². The van der Waals surface area contributed by atoms with Gasteiger partial charge >= 0.3 is 0 Å². The molecule has 0 aliphatic carbocycles. The minimum absolute atomic E-state index is 0.0499. The quantitative estimate of drug-likeness (QED) is 0.777. The SMILES string of the molecule is CCC(N)/C(=C\[Si](O)(C(C)(C)C)C(C)(C)C)c1ccccc1. The molecule has 22 heavy (non-hydrogen) atoms. The Morgan fingerprint density at radius 3 is 1.91 bits per heavy atom. The van der Waals surface area contributed by atoms with Crippen molar-refractivity contribution in [3.8, 4) is 0 Å². The summed E-state index contributed by atoms with van der Waals surface area (Å²) in [6.07, 6.45) is 0.861. The molecule has 0 fully saturated rings. The van der Waals surface area contributed by atoms with Gasteiger partial charge in [-0.15, -0.1) is 0 Å². The van der Waals surface area contributed by atoms with Crippen LogP contribution in [0.1, 0.15) is 60.5 Å². The average Bonchev–Trinajstić information content (AvgIpc) is 2.42. The summed E-state index contributed by atoms with van der Waals surface area (Å²) >= 11 is 0. The van der Waals surface area contributed by atoms with Crippen LogP contribution in [-0.2, 0) is 0 Å². The van der Waals surface area contributed by atoms with Gasteiger partial charge in [-0.1, -0.05) is 84.5 Å². The van der Waals surface area contributed by atoms with Gasteiger partial charge in [-0.25, -0.2) is 0 Å². The van der Waals surface area contributed by atoms with E-state index in [0.717, 1.165) is 17.6 Å². The number of benzene rings is 1. The summed E-state index contributed by atoms with van der Waals surface area (Å²) in [4.78, 5) is 11.7. The first-order valence-electron chi connectivity index (χ1n) is 8.20. The molecule has 3 heteroatoms. The van der Waals surface area contributed by atoms with E-state index < -0.39 is 8.32 Å². The highest BCUT2D eigenvalue weighted by Gasteiger charge is 2.51. The molecule has 0 aliphatic heterocycles. The molecule has 2 nitrogen and oxygen atoms in total. The highest BCUT2D eigenvalue weighted by molar-refractivity contribution is 6.83. The van der Waals surface area contributed by atoms with Gasteiger partial charge in [0.2, 0.25) is 8.32 Å². The third-order valence-electron chi connectivity index (χ3n) is 4.60. The average molecular weight is 320 g/mol. The fourth-order valence-corrected chi connectivity index (χ4v) is 6.98. The van der Waals surface area contributed by atoms with Crippen molar-refractivity contribution < 1.29 is 4.80 Å². The first-order chi connectivity index (χ1) is 9.94. The zero-order chi connectivity index (χ0) is 17.2. The molecule has 1 aromatic carbocycles. The van der Waals surface area contributed by atoms with Crippen LogP contribution in [0.5, 0.6) is 0 Å².